The predicted molar refractivity (Wildman–Crippen MR) is 82.2 cm³/mol. The summed E-state index contributed by atoms with van der Waals surface area (Å²) in [6.45, 7) is 3.24. The van der Waals surface area contributed by atoms with Crippen LogP contribution in [0.3, 0.4) is 0 Å². The second-order valence-corrected chi connectivity index (χ2v) is 6.57. The summed E-state index contributed by atoms with van der Waals surface area (Å²) in [5.74, 6) is 2.53. The monoisotopic (exact) mass is 265 g/mol. The van der Waals surface area contributed by atoms with Crippen LogP contribution in [0.2, 0.25) is 0 Å². The molecule has 2 fully saturated rings. The Morgan fingerprint density at radius 3 is 2.32 bits per heavy atom. The Bertz CT molecular complexity index is 288. The molecule has 0 aromatic rings. The number of nitrogens with zero attached hydrogens (tertiary/aromatic N) is 2. The molecule has 0 atom stereocenters. The summed E-state index contributed by atoms with van der Waals surface area (Å²) >= 11 is 0. The van der Waals surface area contributed by atoms with Crippen molar-refractivity contribution >= 4 is 5.96 Å². The molecule has 0 aromatic heterocycles. The zero-order valence-corrected chi connectivity index (χ0v) is 12.8. The lowest BCUT2D eigenvalue weighted by Gasteiger charge is -2.28. The van der Waals surface area contributed by atoms with Gasteiger partial charge < -0.3 is 10.6 Å². The van der Waals surface area contributed by atoms with E-state index in [1.807, 2.05) is 0 Å². The van der Waals surface area contributed by atoms with Gasteiger partial charge in [-0.1, -0.05) is 39.0 Å². The fourth-order valence-corrected chi connectivity index (χ4v) is 3.18. The maximum Gasteiger partial charge on any atom is 0.191 e. The Hall–Kier alpha value is -0.730. The normalized spacial score (nSPS) is 28.4. The van der Waals surface area contributed by atoms with Crippen LogP contribution in [0.1, 0.15) is 64.7 Å². The third-order valence-corrected chi connectivity index (χ3v) is 4.90. The highest BCUT2D eigenvalue weighted by molar-refractivity contribution is 5.78. The fraction of sp³-hybridized carbons (Fsp3) is 0.938. The van der Waals surface area contributed by atoms with Crippen molar-refractivity contribution in [3.05, 3.63) is 0 Å². The summed E-state index contributed by atoms with van der Waals surface area (Å²) in [7, 11) is 2.08. The number of hydrogen-bond donors (Lipinski definition) is 1. The lowest BCUT2D eigenvalue weighted by atomic mass is 9.80. The van der Waals surface area contributed by atoms with Crippen LogP contribution in [0, 0.1) is 11.8 Å². The van der Waals surface area contributed by atoms with Gasteiger partial charge in [0.15, 0.2) is 5.96 Å². The first-order valence-electron chi connectivity index (χ1n) is 8.23. The minimum atomic E-state index is 0.675. The van der Waals surface area contributed by atoms with Crippen molar-refractivity contribution in [1.29, 1.82) is 0 Å². The first-order valence-corrected chi connectivity index (χ1v) is 8.23. The summed E-state index contributed by atoms with van der Waals surface area (Å²) in [4.78, 5) is 6.78. The van der Waals surface area contributed by atoms with Crippen molar-refractivity contribution in [2.24, 2.45) is 22.6 Å². The number of aliphatic imine (C=N–C) groups is 1. The van der Waals surface area contributed by atoms with E-state index >= 15 is 0 Å². The van der Waals surface area contributed by atoms with Gasteiger partial charge >= 0.3 is 0 Å². The lowest BCUT2D eigenvalue weighted by Crippen LogP contribution is -2.36. The van der Waals surface area contributed by atoms with Crippen LogP contribution >= 0.6 is 0 Å². The topological polar surface area (TPSA) is 41.6 Å². The summed E-state index contributed by atoms with van der Waals surface area (Å²) < 4.78 is 0. The smallest absolute Gasteiger partial charge is 0.191 e. The van der Waals surface area contributed by atoms with Crippen LogP contribution in [0.15, 0.2) is 4.99 Å². The average Bonchev–Trinajstić information content (AvgIpc) is 3.27. The molecule has 2 saturated carbocycles. The maximum absolute atomic E-state index is 6.04. The molecular formula is C16H31N3. The maximum atomic E-state index is 6.04. The molecule has 2 aliphatic carbocycles. The molecule has 0 amide bonds. The Morgan fingerprint density at radius 2 is 1.74 bits per heavy atom. The third-order valence-electron chi connectivity index (χ3n) is 4.90. The number of unbranched alkanes of at least 4 members (excludes halogenated alkanes) is 1. The van der Waals surface area contributed by atoms with E-state index in [-0.39, 0.29) is 0 Å². The van der Waals surface area contributed by atoms with E-state index in [0.29, 0.717) is 6.04 Å². The van der Waals surface area contributed by atoms with Crippen molar-refractivity contribution in [2.45, 2.75) is 70.8 Å². The molecule has 0 radical (unpaired) electrons. The zero-order valence-electron chi connectivity index (χ0n) is 12.8. The Balaban J connectivity index is 1.66. The summed E-state index contributed by atoms with van der Waals surface area (Å²) in [5, 5.41) is 0. The molecule has 110 valence electrons. The van der Waals surface area contributed by atoms with Crippen LogP contribution in [-0.4, -0.2) is 30.5 Å². The van der Waals surface area contributed by atoms with Gasteiger partial charge in [0, 0.05) is 19.6 Å². The van der Waals surface area contributed by atoms with Crippen LogP contribution < -0.4 is 5.73 Å². The second kappa shape index (κ2) is 7.16. The molecule has 19 heavy (non-hydrogen) atoms. The highest BCUT2D eigenvalue weighted by atomic mass is 15.3. The van der Waals surface area contributed by atoms with Gasteiger partial charge in [-0.25, -0.2) is 0 Å². The molecule has 0 spiro atoms. The van der Waals surface area contributed by atoms with E-state index < -0.39 is 0 Å². The molecule has 3 heteroatoms. The summed E-state index contributed by atoms with van der Waals surface area (Å²) in [5.41, 5.74) is 6.04. The van der Waals surface area contributed by atoms with E-state index in [1.54, 1.807) is 0 Å². The van der Waals surface area contributed by atoms with Crippen molar-refractivity contribution in [3.8, 4) is 0 Å². The van der Waals surface area contributed by atoms with Crippen LogP contribution in [0.4, 0.5) is 0 Å². The minimum absolute atomic E-state index is 0.675. The fourth-order valence-electron chi connectivity index (χ4n) is 3.18. The zero-order chi connectivity index (χ0) is 13.7. The summed E-state index contributed by atoms with van der Waals surface area (Å²) in [6, 6.07) is 0.675. The number of hydrogen-bond acceptors (Lipinski definition) is 1. The van der Waals surface area contributed by atoms with Crippen molar-refractivity contribution in [3.63, 3.8) is 0 Å². The highest BCUT2D eigenvalue weighted by Gasteiger charge is 2.27. The largest absolute Gasteiger partial charge is 0.370 e. The van der Waals surface area contributed by atoms with Crippen molar-refractivity contribution < 1.29 is 0 Å². The first-order chi connectivity index (χ1) is 9.20. The van der Waals surface area contributed by atoms with E-state index in [0.717, 1.165) is 24.3 Å². The minimum Gasteiger partial charge on any atom is -0.370 e. The first kappa shape index (κ1) is 14.7. The molecule has 3 nitrogen and oxygen atoms in total. The van der Waals surface area contributed by atoms with E-state index in [2.05, 4.69) is 23.9 Å². The molecule has 0 bridgehead atoms. The highest BCUT2D eigenvalue weighted by Crippen LogP contribution is 2.32. The van der Waals surface area contributed by atoms with Gasteiger partial charge in [-0.05, 0) is 37.5 Å². The lowest BCUT2D eigenvalue weighted by molar-refractivity contribution is 0.264. The SMILES string of the molecule is CCCCC1CCC(CN=C(N)N(C)C2CC2)CC1. The molecule has 0 aromatic carbocycles. The predicted octanol–water partition coefficient (Wildman–Crippen LogP) is 3.39. The van der Waals surface area contributed by atoms with Crippen LogP contribution in [-0.2, 0) is 0 Å². The average molecular weight is 265 g/mol. The van der Waals surface area contributed by atoms with Gasteiger partial charge in [0.25, 0.3) is 0 Å². The Kier molecular flexibility index (Phi) is 5.53. The van der Waals surface area contributed by atoms with Gasteiger partial charge in [-0.2, -0.15) is 0 Å². The molecular weight excluding hydrogens is 234 g/mol. The molecule has 2 N–H and O–H groups in total. The molecule has 0 saturated heterocycles. The summed E-state index contributed by atoms with van der Waals surface area (Å²) in [6.07, 6.45) is 12.3. The number of nitrogens with two attached hydrogens (primary N) is 1. The van der Waals surface area contributed by atoms with Gasteiger partial charge in [0.2, 0.25) is 0 Å². The third kappa shape index (κ3) is 4.70. The van der Waals surface area contributed by atoms with E-state index in [1.165, 1.54) is 57.8 Å². The molecule has 0 aliphatic heterocycles. The molecule has 0 unspecified atom stereocenters. The van der Waals surface area contributed by atoms with Gasteiger partial charge in [0.1, 0.15) is 0 Å². The van der Waals surface area contributed by atoms with Gasteiger partial charge in [-0.15, -0.1) is 0 Å². The van der Waals surface area contributed by atoms with Crippen LogP contribution in [0.5, 0.6) is 0 Å². The van der Waals surface area contributed by atoms with Crippen molar-refractivity contribution in [1.82, 2.24) is 4.90 Å². The van der Waals surface area contributed by atoms with E-state index in [4.69, 9.17) is 5.73 Å². The molecule has 2 rings (SSSR count). The Morgan fingerprint density at radius 1 is 1.11 bits per heavy atom. The molecule has 2 aliphatic rings. The van der Waals surface area contributed by atoms with Crippen molar-refractivity contribution in [2.75, 3.05) is 13.6 Å². The van der Waals surface area contributed by atoms with Gasteiger partial charge in [-0.3, -0.25) is 4.99 Å². The number of rotatable bonds is 6. The quantitative estimate of drug-likeness (QED) is 0.591. The number of guanidine groups is 1. The molecule has 0 heterocycles. The Labute approximate surface area is 118 Å². The van der Waals surface area contributed by atoms with Gasteiger partial charge in [0.05, 0.1) is 0 Å². The second-order valence-electron chi connectivity index (χ2n) is 6.57. The van der Waals surface area contributed by atoms with Crippen LogP contribution in [0.25, 0.3) is 0 Å². The standard InChI is InChI=1S/C16H31N3/c1-3-4-5-13-6-8-14(9-7-13)12-18-16(17)19(2)15-10-11-15/h13-15H,3-12H2,1-2H3,(H2,17,18). The van der Waals surface area contributed by atoms with E-state index in [9.17, 15) is 0 Å².